The predicted molar refractivity (Wildman–Crippen MR) is 81.0 cm³/mol. The number of benzene rings is 2. The Balaban J connectivity index is 1.56. The van der Waals surface area contributed by atoms with Gasteiger partial charge in [0.1, 0.15) is 0 Å². The molecule has 0 unspecified atom stereocenters. The van der Waals surface area contributed by atoms with E-state index in [9.17, 15) is 9.18 Å². The highest BCUT2D eigenvalue weighted by Crippen LogP contribution is 2.34. The van der Waals surface area contributed by atoms with Crippen LogP contribution in [-0.4, -0.2) is 19.3 Å². The SMILES string of the molecule is C[C@H](NC(=O)COc1ccccc1F)c1ccc2c(c1)OCO2. The minimum atomic E-state index is -0.496. The average Bonchev–Trinajstić information content (AvgIpc) is 3.01. The normalized spacial score (nSPS) is 13.5. The minimum Gasteiger partial charge on any atom is -0.481 e. The molecule has 0 saturated heterocycles. The number of ether oxygens (including phenoxy) is 3. The largest absolute Gasteiger partial charge is 0.481 e. The van der Waals surface area contributed by atoms with Crippen molar-refractivity contribution in [2.45, 2.75) is 13.0 Å². The highest BCUT2D eigenvalue weighted by Gasteiger charge is 2.17. The third-order valence-electron chi connectivity index (χ3n) is 3.47. The standard InChI is InChI=1S/C17H16FNO4/c1-11(12-6-7-15-16(8-12)23-10-22-15)19-17(20)9-21-14-5-3-2-4-13(14)18/h2-8,11H,9-10H2,1H3,(H,19,20)/t11-/m0/s1. The van der Waals surface area contributed by atoms with Crippen LogP contribution in [0.15, 0.2) is 42.5 Å². The van der Waals surface area contributed by atoms with Crippen LogP contribution in [-0.2, 0) is 4.79 Å². The molecule has 0 saturated carbocycles. The Bertz CT molecular complexity index is 719. The van der Waals surface area contributed by atoms with Gasteiger partial charge in [0.05, 0.1) is 6.04 Å². The summed E-state index contributed by atoms with van der Waals surface area (Å²) < 4.78 is 29.1. The van der Waals surface area contributed by atoms with Gasteiger partial charge >= 0.3 is 0 Å². The molecule has 0 aromatic heterocycles. The van der Waals surface area contributed by atoms with Gasteiger partial charge in [-0.25, -0.2) is 4.39 Å². The zero-order valence-electron chi connectivity index (χ0n) is 12.5. The molecular weight excluding hydrogens is 301 g/mol. The van der Waals surface area contributed by atoms with E-state index in [4.69, 9.17) is 14.2 Å². The van der Waals surface area contributed by atoms with Crippen molar-refractivity contribution >= 4 is 5.91 Å². The topological polar surface area (TPSA) is 56.8 Å². The molecule has 1 N–H and O–H groups in total. The van der Waals surface area contributed by atoms with E-state index in [1.54, 1.807) is 18.2 Å². The quantitative estimate of drug-likeness (QED) is 0.921. The summed E-state index contributed by atoms with van der Waals surface area (Å²) in [5.74, 6) is 0.572. The zero-order valence-corrected chi connectivity index (χ0v) is 12.5. The predicted octanol–water partition coefficient (Wildman–Crippen LogP) is 2.81. The molecule has 0 spiro atoms. The molecule has 120 valence electrons. The first-order valence-electron chi connectivity index (χ1n) is 7.20. The van der Waals surface area contributed by atoms with Crippen molar-refractivity contribution < 1.29 is 23.4 Å². The van der Waals surface area contributed by atoms with E-state index in [-0.39, 0.29) is 31.1 Å². The van der Waals surface area contributed by atoms with Gasteiger partial charge in [0, 0.05) is 0 Å². The lowest BCUT2D eigenvalue weighted by Crippen LogP contribution is -2.31. The summed E-state index contributed by atoms with van der Waals surface area (Å²) in [5, 5.41) is 2.79. The number of hydrogen-bond acceptors (Lipinski definition) is 4. The zero-order chi connectivity index (χ0) is 16.2. The molecule has 0 aliphatic carbocycles. The summed E-state index contributed by atoms with van der Waals surface area (Å²) in [7, 11) is 0. The van der Waals surface area contributed by atoms with E-state index >= 15 is 0 Å². The summed E-state index contributed by atoms with van der Waals surface area (Å²) in [5.41, 5.74) is 0.883. The van der Waals surface area contributed by atoms with Gasteiger partial charge in [-0.2, -0.15) is 0 Å². The Morgan fingerprint density at radius 2 is 2.04 bits per heavy atom. The van der Waals surface area contributed by atoms with E-state index < -0.39 is 5.82 Å². The van der Waals surface area contributed by atoms with Gasteiger partial charge in [0.15, 0.2) is 29.7 Å². The maximum absolute atomic E-state index is 13.4. The molecule has 0 fully saturated rings. The Hall–Kier alpha value is -2.76. The van der Waals surface area contributed by atoms with Crippen LogP contribution in [0.5, 0.6) is 17.2 Å². The lowest BCUT2D eigenvalue weighted by molar-refractivity contribution is -0.123. The highest BCUT2D eigenvalue weighted by molar-refractivity contribution is 5.78. The van der Waals surface area contributed by atoms with Crippen molar-refractivity contribution in [3.63, 3.8) is 0 Å². The van der Waals surface area contributed by atoms with Crippen LogP contribution in [0.2, 0.25) is 0 Å². The van der Waals surface area contributed by atoms with Crippen LogP contribution in [0.3, 0.4) is 0 Å². The van der Waals surface area contributed by atoms with Crippen LogP contribution in [0, 0.1) is 5.82 Å². The van der Waals surface area contributed by atoms with Crippen molar-refractivity contribution in [1.29, 1.82) is 0 Å². The van der Waals surface area contributed by atoms with Crippen molar-refractivity contribution in [1.82, 2.24) is 5.32 Å². The van der Waals surface area contributed by atoms with Crippen molar-refractivity contribution in [3.05, 3.63) is 53.8 Å². The monoisotopic (exact) mass is 317 g/mol. The maximum atomic E-state index is 13.4. The van der Waals surface area contributed by atoms with Crippen molar-refractivity contribution in [3.8, 4) is 17.2 Å². The molecule has 23 heavy (non-hydrogen) atoms. The van der Waals surface area contributed by atoms with E-state index in [1.807, 2.05) is 19.1 Å². The third-order valence-corrected chi connectivity index (χ3v) is 3.47. The molecule has 1 aliphatic rings. The van der Waals surface area contributed by atoms with Gasteiger partial charge in [-0.3, -0.25) is 4.79 Å². The molecule has 5 nitrogen and oxygen atoms in total. The van der Waals surface area contributed by atoms with Gasteiger partial charge in [0.2, 0.25) is 6.79 Å². The number of carbonyl (C=O) groups excluding carboxylic acids is 1. The lowest BCUT2D eigenvalue weighted by Gasteiger charge is -2.15. The van der Waals surface area contributed by atoms with Crippen LogP contribution in [0.4, 0.5) is 4.39 Å². The second-order valence-corrected chi connectivity index (χ2v) is 5.12. The number of hydrogen-bond donors (Lipinski definition) is 1. The summed E-state index contributed by atoms with van der Waals surface area (Å²) in [6.45, 7) is 1.80. The molecule has 0 radical (unpaired) electrons. The first-order valence-corrected chi connectivity index (χ1v) is 7.20. The molecule has 0 bridgehead atoms. The van der Waals surface area contributed by atoms with Crippen molar-refractivity contribution in [2.75, 3.05) is 13.4 Å². The molecule has 1 amide bonds. The number of nitrogens with one attached hydrogen (secondary N) is 1. The Labute approximate surface area is 133 Å². The maximum Gasteiger partial charge on any atom is 0.258 e. The summed E-state index contributed by atoms with van der Waals surface area (Å²) >= 11 is 0. The second-order valence-electron chi connectivity index (χ2n) is 5.12. The van der Waals surface area contributed by atoms with Crippen LogP contribution >= 0.6 is 0 Å². The van der Waals surface area contributed by atoms with E-state index in [2.05, 4.69) is 5.32 Å². The van der Waals surface area contributed by atoms with Crippen molar-refractivity contribution in [2.24, 2.45) is 0 Å². The fraction of sp³-hybridized carbons (Fsp3) is 0.235. The summed E-state index contributed by atoms with van der Waals surface area (Å²) in [6, 6.07) is 11.2. The Morgan fingerprint density at radius 3 is 2.87 bits per heavy atom. The van der Waals surface area contributed by atoms with E-state index in [0.29, 0.717) is 11.5 Å². The number of para-hydroxylation sites is 1. The molecule has 6 heteroatoms. The first-order chi connectivity index (χ1) is 11.1. The minimum absolute atomic E-state index is 0.0541. The molecular formula is C17H16FNO4. The molecule has 1 aliphatic heterocycles. The number of amides is 1. The number of rotatable bonds is 5. The molecule has 2 aromatic carbocycles. The van der Waals surface area contributed by atoms with Gasteiger partial charge in [0.25, 0.3) is 5.91 Å². The van der Waals surface area contributed by atoms with Crippen LogP contribution < -0.4 is 19.5 Å². The average molecular weight is 317 g/mol. The summed E-state index contributed by atoms with van der Waals surface area (Å²) in [6.07, 6.45) is 0. The van der Waals surface area contributed by atoms with Gasteiger partial charge < -0.3 is 19.5 Å². The smallest absolute Gasteiger partial charge is 0.258 e. The summed E-state index contributed by atoms with van der Waals surface area (Å²) in [4.78, 5) is 11.9. The molecule has 1 atom stereocenters. The fourth-order valence-corrected chi connectivity index (χ4v) is 2.25. The van der Waals surface area contributed by atoms with Gasteiger partial charge in [-0.05, 0) is 36.8 Å². The van der Waals surface area contributed by atoms with Gasteiger partial charge in [-0.1, -0.05) is 18.2 Å². The van der Waals surface area contributed by atoms with E-state index in [1.165, 1.54) is 12.1 Å². The Kier molecular flexibility index (Phi) is 4.32. The van der Waals surface area contributed by atoms with Crippen LogP contribution in [0.1, 0.15) is 18.5 Å². The number of carbonyl (C=O) groups is 1. The first kappa shape index (κ1) is 15.1. The fourth-order valence-electron chi connectivity index (χ4n) is 2.25. The second kappa shape index (κ2) is 6.56. The molecule has 3 rings (SSSR count). The lowest BCUT2D eigenvalue weighted by atomic mass is 10.1. The third kappa shape index (κ3) is 3.53. The van der Waals surface area contributed by atoms with Crippen LogP contribution in [0.25, 0.3) is 0 Å². The highest BCUT2D eigenvalue weighted by atomic mass is 19.1. The molecule has 1 heterocycles. The number of halogens is 1. The van der Waals surface area contributed by atoms with Gasteiger partial charge in [-0.15, -0.1) is 0 Å². The molecule has 2 aromatic rings. The number of fused-ring (bicyclic) bond motifs is 1. The van der Waals surface area contributed by atoms with E-state index in [0.717, 1.165) is 5.56 Å². The Morgan fingerprint density at radius 1 is 1.26 bits per heavy atom.